The van der Waals surface area contributed by atoms with Crippen LogP contribution in [0.25, 0.3) is 0 Å². The molecule has 5 heteroatoms. The number of methoxy groups -OCH3 is 2. The van der Waals surface area contributed by atoms with E-state index in [1.165, 1.54) is 11.1 Å². The molecule has 0 spiro atoms. The van der Waals surface area contributed by atoms with Gasteiger partial charge in [-0.2, -0.15) is 0 Å². The summed E-state index contributed by atoms with van der Waals surface area (Å²) >= 11 is 0. The van der Waals surface area contributed by atoms with Gasteiger partial charge in [0.1, 0.15) is 5.75 Å². The average Bonchev–Trinajstić information content (AvgIpc) is 2.65. The van der Waals surface area contributed by atoms with Crippen LogP contribution in [-0.2, 0) is 13.0 Å². The van der Waals surface area contributed by atoms with E-state index in [0.717, 1.165) is 55.4 Å². The lowest BCUT2D eigenvalue weighted by molar-refractivity contribution is 0.220. The molecule has 0 radical (unpaired) electrons. The third kappa shape index (κ3) is 4.37. The Hall–Kier alpha value is -2.40. The standard InChI is InChI=1S/C20H26N2O3/c1-23-19-12-15-8-10-22(14-16(15)13-20(19)24-2)9-3-11-25-18-6-4-17(21)5-7-18/h4-7,12-13H,3,8-11,14,21H2,1-2H3. The van der Waals surface area contributed by atoms with Gasteiger partial charge < -0.3 is 19.9 Å². The summed E-state index contributed by atoms with van der Waals surface area (Å²) < 4.78 is 16.6. The molecule has 5 nitrogen and oxygen atoms in total. The second kappa shape index (κ2) is 8.12. The molecule has 2 aromatic carbocycles. The van der Waals surface area contributed by atoms with E-state index in [4.69, 9.17) is 19.9 Å². The van der Waals surface area contributed by atoms with E-state index in [2.05, 4.69) is 17.0 Å². The van der Waals surface area contributed by atoms with Crippen LogP contribution in [0.1, 0.15) is 17.5 Å². The first kappa shape index (κ1) is 17.4. The van der Waals surface area contributed by atoms with Crippen molar-refractivity contribution in [3.8, 4) is 17.2 Å². The number of nitrogen functional groups attached to an aromatic ring is 1. The van der Waals surface area contributed by atoms with E-state index < -0.39 is 0 Å². The molecule has 0 atom stereocenters. The Morgan fingerprint density at radius 1 is 1.00 bits per heavy atom. The van der Waals surface area contributed by atoms with Gasteiger partial charge in [-0.05, 0) is 60.4 Å². The van der Waals surface area contributed by atoms with E-state index >= 15 is 0 Å². The van der Waals surface area contributed by atoms with Crippen molar-refractivity contribution in [3.05, 3.63) is 47.5 Å². The number of benzene rings is 2. The highest BCUT2D eigenvalue weighted by molar-refractivity contribution is 5.48. The van der Waals surface area contributed by atoms with Crippen LogP contribution >= 0.6 is 0 Å². The molecular weight excluding hydrogens is 316 g/mol. The number of hydrogen-bond donors (Lipinski definition) is 1. The molecule has 3 rings (SSSR count). The molecule has 0 fully saturated rings. The first-order valence-electron chi connectivity index (χ1n) is 8.64. The van der Waals surface area contributed by atoms with Crippen LogP contribution in [0.15, 0.2) is 36.4 Å². The zero-order chi connectivity index (χ0) is 17.6. The number of fused-ring (bicyclic) bond motifs is 1. The fraction of sp³-hybridized carbons (Fsp3) is 0.400. The van der Waals surface area contributed by atoms with Crippen LogP contribution in [0.4, 0.5) is 5.69 Å². The molecule has 0 unspecified atom stereocenters. The van der Waals surface area contributed by atoms with Crippen molar-refractivity contribution in [1.29, 1.82) is 0 Å². The lowest BCUT2D eigenvalue weighted by Crippen LogP contribution is -2.32. The van der Waals surface area contributed by atoms with Crippen molar-refractivity contribution in [2.45, 2.75) is 19.4 Å². The summed E-state index contributed by atoms with van der Waals surface area (Å²) in [6.45, 7) is 3.73. The van der Waals surface area contributed by atoms with E-state index in [1.54, 1.807) is 14.2 Å². The third-order valence-electron chi connectivity index (χ3n) is 4.56. The highest BCUT2D eigenvalue weighted by Crippen LogP contribution is 2.33. The monoisotopic (exact) mass is 342 g/mol. The molecule has 1 aliphatic heterocycles. The van der Waals surface area contributed by atoms with E-state index in [0.29, 0.717) is 6.61 Å². The minimum atomic E-state index is 0.708. The molecule has 0 amide bonds. The first-order chi connectivity index (χ1) is 12.2. The normalized spacial score (nSPS) is 14.0. The second-order valence-corrected chi connectivity index (χ2v) is 6.27. The Labute approximate surface area is 149 Å². The van der Waals surface area contributed by atoms with Gasteiger partial charge in [-0.3, -0.25) is 4.90 Å². The van der Waals surface area contributed by atoms with Gasteiger partial charge >= 0.3 is 0 Å². The number of nitrogens with two attached hydrogens (primary N) is 1. The quantitative estimate of drug-likeness (QED) is 0.619. The molecule has 2 N–H and O–H groups in total. The maximum atomic E-state index is 5.77. The van der Waals surface area contributed by atoms with Crippen molar-refractivity contribution >= 4 is 5.69 Å². The molecule has 0 saturated carbocycles. The van der Waals surface area contributed by atoms with Crippen LogP contribution in [0.2, 0.25) is 0 Å². The number of rotatable bonds is 7. The minimum absolute atomic E-state index is 0.708. The Morgan fingerprint density at radius 2 is 1.68 bits per heavy atom. The third-order valence-corrected chi connectivity index (χ3v) is 4.56. The fourth-order valence-corrected chi connectivity index (χ4v) is 3.17. The summed E-state index contributed by atoms with van der Waals surface area (Å²) in [5.74, 6) is 2.48. The summed E-state index contributed by atoms with van der Waals surface area (Å²) in [5.41, 5.74) is 9.11. The number of hydrogen-bond acceptors (Lipinski definition) is 5. The Balaban J connectivity index is 1.50. The van der Waals surface area contributed by atoms with Crippen molar-refractivity contribution in [1.82, 2.24) is 4.90 Å². The predicted octanol–water partition coefficient (Wildman–Crippen LogP) is 3.11. The number of ether oxygens (including phenoxy) is 3. The Kier molecular flexibility index (Phi) is 5.66. The summed E-state index contributed by atoms with van der Waals surface area (Å²) in [5, 5.41) is 0. The van der Waals surface area contributed by atoms with Gasteiger partial charge in [-0.25, -0.2) is 0 Å². The van der Waals surface area contributed by atoms with Gasteiger partial charge in [0.05, 0.1) is 20.8 Å². The molecule has 0 saturated heterocycles. The summed E-state index contributed by atoms with van der Waals surface area (Å²) in [6.07, 6.45) is 2.03. The SMILES string of the molecule is COc1cc2c(cc1OC)CN(CCCOc1ccc(N)cc1)CC2. The number of anilines is 1. The van der Waals surface area contributed by atoms with Gasteiger partial charge in [0.25, 0.3) is 0 Å². The van der Waals surface area contributed by atoms with Crippen LogP contribution in [0.3, 0.4) is 0 Å². The second-order valence-electron chi connectivity index (χ2n) is 6.27. The zero-order valence-electron chi connectivity index (χ0n) is 15.0. The maximum absolute atomic E-state index is 5.77. The van der Waals surface area contributed by atoms with Crippen LogP contribution < -0.4 is 19.9 Å². The number of nitrogens with zero attached hydrogens (tertiary/aromatic N) is 1. The molecule has 1 heterocycles. The Morgan fingerprint density at radius 3 is 2.36 bits per heavy atom. The smallest absolute Gasteiger partial charge is 0.161 e. The molecule has 0 aromatic heterocycles. The van der Waals surface area contributed by atoms with Crippen molar-refractivity contribution < 1.29 is 14.2 Å². The maximum Gasteiger partial charge on any atom is 0.161 e. The summed E-state index contributed by atoms with van der Waals surface area (Å²) in [4.78, 5) is 2.46. The zero-order valence-corrected chi connectivity index (χ0v) is 15.0. The highest BCUT2D eigenvalue weighted by Gasteiger charge is 2.19. The molecular formula is C20H26N2O3. The largest absolute Gasteiger partial charge is 0.494 e. The minimum Gasteiger partial charge on any atom is -0.494 e. The van der Waals surface area contributed by atoms with Crippen LogP contribution in [-0.4, -0.2) is 38.8 Å². The topological polar surface area (TPSA) is 57.0 Å². The highest BCUT2D eigenvalue weighted by atomic mass is 16.5. The van der Waals surface area contributed by atoms with E-state index in [9.17, 15) is 0 Å². The predicted molar refractivity (Wildman–Crippen MR) is 99.5 cm³/mol. The van der Waals surface area contributed by atoms with Crippen molar-refractivity contribution in [2.24, 2.45) is 0 Å². The average molecular weight is 342 g/mol. The van der Waals surface area contributed by atoms with Crippen molar-refractivity contribution in [2.75, 3.05) is 39.6 Å². The molecule has 0 aliphatic carbocycles. The first-order valence-corrected chi connectivity index (χ1v) is 8.64. The molecule has 0 bridgehead atoms. The van der Waals surface area contributed by atoms with E-state index in [1.807, 2.05) is 24.3 Å². The van der Waals surface area contributed by atoms with Gasteiger partial charge in [0.15, 0.2) is 11.5 Å². The summed E-state index contributed by atoms with van der Waals surface area (Å²) in [6, 6.07) is 11.7. The van der Waals surface area contributed by atoms with Crippen LogP contribution in [0.5, 0.6) is 17.2 Å². The molecule has 134 valence electrons. The molecule has 1 aliphatic rings. The van der Waals surface area contributed by atoms with Gasteiger partial charge in [0.2, 0.25) is 0 Å². The van der Waals surface area contributed by atoms with E-state index in [-0.39, 0.29) is 0 Å². The fourth-order valence-electron chi connectivity index (χ4n) is 3.17. The van der Waals surface area contributed by atoms with Gasteiger partial charge in [-0.15, -0.1) is 0 Å². The lowest BCUT2D eigenvalue weighted by atomic mass is 9.98. The lowest BCUT2D eigenvalue weighted by Gasteiger charge is -2.29. The van der Waals surface area contributed by atoms with Gasteiger partial charge in [0, 0.05) is 25.3 Å². The van der Waals surface area contributed by atoms with Crippen molar-refractivity contribution in [3.63, 3.8) is 0 Å². The Bertz CT molecular complexity index is 701. The van der Waals surface area contributed by atoms with Gasteiger partial charge in [-0.1, -0.05) is 0 Å². The molecule has 2 aromatic rings. The summed E-state index contributed by atoms with van der Waals surface area (Å²) in [7, 11) is 3.36. The molecule has 25 heavy (non-hydrogen) atoms. The van der Waals surface area contributed by atoms with Crippen LogP contribution in [0, 0.1) is 0 Å².